The molecule has 0 bridgehead atoms. The molecule has 0 aliphatic carbocycles. The van der Waals surface area contributed by atoms with Crippen molar-refractivity contribution in [3.63, 3.8) is 0 Å². The number of hydrogen-bond acceptors (Lipinski definition) is 5. The second-order valence-corrected chi connectivity index (χ2v) is 3.85. The van der Waals surface area contributed by atoms with E-state index in [0.717, 1.165) is 17.1 Å². The summed E-state index contributed by atoms with van der Waals surface area (Å²) >= 11 is 1.65. The van der Waals surface area contributed by atoms with Gasteiger partial charge in [-0.3, -0.25) is 0 Å². The van der Waals surface area contributed by atoms with Crippen LogP contribution in [0.3, 0.4) is 0 Å². The maximum absolute atomic E-state index is 4.23. The van der Waals surface area contributed by atoms with Gasteiger partial charge in [0.2, 0.25) is 0 Å². The number of hydrogen-bond donors (Lipinski definition) is 2. The molecule has 2 heterocycles. The monoisotopic (exact) mass is 209 g/mol. The molecule has 2 aromatic rings. The van der Waals surface area contributed by atoms with Crippen molar-refractivity contribution >= 4 is 11.3 Å². The summed E-state index contributed by atoms with van der Waals surface area (Å²) in [5, 5.41) is 16.7. The summed E-state index contributed by atoms with van der Waals surface area (Å²) in [7, 11) is 1.91. The van der Waals surface area contributed by atoms with Gasteiger partial charge in [0.25, 0.3) is 0 Å². The second kappa shape index (κ2) is 4.30. The van der Waals surface area contributed by atoms with Crippen molar-refractivity contribution < 1.29 is 0 Å². The predicted octanol–water partition coefficient (Wildman–Crippen LogP) is 0.764. The molecule has 0 saturated carbocycles. The zero-order valence-electron chi connectivity index (χ0n) is 7.77. The van der Waals surface area contributed by atoms with Crippen molar-refractivity contribution in [2.45, 2.75) is 12.5 Å². The summed E-state index contributed by atoms with van der Waals surface area (Å²) in [6.07, 6.45) is 4.39. The summed E-state index contributed by atoms with van der Waals surface area (Å²) in [4.78, 5) is 4.23. The summed E-state index contributed by atoms with van der Waals surface area (Å²) in [6.45, 7) is 0. The van der Waals surface area contributed by atoms with Crippen LogP contribution in [0.15, 0.2) is 17.8 Å². The normalized spacial score (nSPS) is 12.9. The molecule has 0 aromatic carbocycles. The van der Waals surface area contributed by atoms with Crippen LogP contribution in [0.4, 0.5) is 0 Å². The average Bonchev–Trinajstić information content (AvgIpc) is 2.86. The molecular weight excluding hydrogens is 198 g/mol. The van der Waals surface area contributed by atoms with Crippen molar-refractivity contribution in [1.29, 1.82) is 0 Å². The number of rotatable bonds is 4. The molecule has 2 aromatic heterocycles. The van der Waals surface area contributed by atoms with Gasteiger partial charge >= 0.3 is 0 Å². The molecule has 2 N–H and O–H groups in total. The van der Waals surface area contributed by atoms with Crippen LogP contribution in [0, 0.1) is 0 Å². The fraction of sp³-hybridized carbons (Fsp3) is 0.375. The third-order valence-corrected chi connectivity index (χ3v) is 2.80. The molecule has 2 rings (SSSR count). The second-order valence-electron chi connectivity index (χ2n) is 2.87. The van der Waals surface area contributed by atoms with Crippen LogP contribution in [0.2, 0.25) is 0 Å². The summed E-state index contributed by atoms with van der Waals surface area (Å²) in [5.74, 6) is 0. The van der Waals surface area contributed by atoms with Gasteiger partial charge in [0.15, 0.2) is 0 Å². The molecule has 74 valence electrons. The molecule has 1 unspecified atom stereocenters. The molecule has 6 heteroatoms. The number of aromatic amines is 1. The SMILES string of the molecule is CNC(Cc1nccs1)c1cn[nH]n1. The van der Waals surface area contributed by atoms with E-state index in [4.69, 9.17) is 0 Å². The number of H-pyrrole nitrogens is 1. The van der Waals surface area contributed by atoms with Gasteiger partial charge in [-0.25, -0.2) is 4.98 Å². The van der Waals surface area contributed by atoms with Gasteiger partial charge in [0.1, 0.15) is 0 Å². The van der Waals surface area contributed by atoms with E-state index >= 15 is 0 Å². The standard InChI is InChI=1S/C8H11N5S/c1-9-6(7-5-11-13-12-7)4-8-10-2-3-14-8/h2-3,5-6,9H,4H2,1H3,(H,11,12,13). The Morgan fingerprint density at radius 3 is 3.14 bits per heavy atom. The Morgan fingerprint density at radius 2 is 2.57 bits per heavy atom. The van der Waals surface area contributed by atoms with E-state index < -0.39 is 0 Å². The molecule has 5 nitrogen and oxygen atoms in total. The first-order valence-electron chi connectivity index (χ1n) is 4.31. The van der Waals surface area contributed by atoms with Crippen LogP contribution in [-0.2, 0) is 6.42 Å². The zero-order chi connectivity index (χ0) is 9.80. The number of nitrogens with one attached hydrogen (secondary N) is 2. The topological polar surface area (TPSA) is 66.5 Å². The molecule has 0 saturated heterocycles. The van der Waals surface area contributed by atoms with E-state index in [0.29, 0.717) is 0 Å². The fourth-order valence-corrected chi connectivity index (χ4v) is 1.92. The van der Waals surface area contributed by atoms with Crippen LogP contribution >= 0.6 is 11.3 Å². The third-order valence-electron chi connectivity index (χ3n) is 2.00. The first-order chi connectivity index (χ1) is 6.90. The number of aromatic nitrogens is 4. The first kappa shape index (κ1) is 9.29. The Morgan fingerprint density at radius 1 is 1.64 bits per heavy atom. The molecule has 0 amide bonds. The molecule has 1 atom stereocenters. The van der Waals surface area contributed by atoms with Crippen LogP contribution in [0.25, 0.3) is 0 Å². The maximum Gasteiger partial charge on any atom is 0.0998 e. The highest BCUT2D eigenvalue weighted by Gasteiger charge is 2.13. The molecular formula is C8H11N5S. The Labute approximate surface area is 85.6 Å². The largest absolute Gasteiger partial charge is 0.311 e. The zero-order valence-corrected chi connectivity index (χ0v) is 8.58. The molecule has 0 aliphatic heterocycles. The minimum Gasteiger partial charge on any atom is -0.311 e. The van der Waals surface area contributed by atoms with Crippen LogP contribution in [0.1, 0.15) is 16.7 Å². The summed E-state index contributed by atoms with van der Waals surface area (Å²) < 4.78 is 0. The smallest absolute Gasteiger partial charge is 0.0998 e. The number of thiazole rings is 1. The summed E-state index contributed by atoms with van der Waals surface area (Å²) in [5.41, 5.74) is 0.919. The lowest BCUT2D eigenvalue weighted by Gasteiger charge is -2.10. The molecule has 14 heavy (non-hydrogen) atoms. The lowest BCUT2D eigenvalue weighted by atomic mass is 10.1. The minimum atomic E-state index is 0.180. The van der Waals surface area contributed by atoms with E-state index in [2.05, 4.69) is 25.7 Å². The van der Waals surface area contributed by atoms with Crippen molar-refractivity contribution in [2.75, 3.05) is 7.05 Å². The molecule has 0 spiro atoms. The Balaban J connectivity index is 2.08. The van der Waals surface area contributed by atoms with Crippen molar-refractivity contribution in [2.24, 2.45) is 0 Å². The average molecular weight is 209 g/mol. The van der Waals surface area contributed by atoms with E-state index in [1.165, 1.54) is 0 Å². The Kier molecular flexibility index (Phi) is 2.85. The van der Waals surface area contributed by atoms with Gasteiger partial charge in [-0.15, -0.1) is 11.3 Å². The molecule has 0 aliphatic rings. The highest BCUT2D eigenvalue weighted by molar-refractivity contribution is 7.09. The van der Waals surface area contributed by atoms with Crippen molar-refractivity contribution in [3.8, 4) is 0 Å². The number of likely N-dealkylation sites (N-methyl/N-ethyl adjacent to an activating group) is 1. The molecule has 0 radical (unpaired) electrons. The highest BCUT2D eigenvalue weighted by atomic mass is 32.1. The third kappa shape index (κ3) is 1.97. The van der Waals surface area contributed by atoms with Crippen molar-refractivity contribution in [3.05, 3.63) is 28.5 Å². The van der Waals surface area contributed by atoms with Crippen molar-refractivity contribution in [1.82, 2.24) is 25.7 Å². The predicted molar refractivity (Wildman–Crippen MR) is 54.0 cm³/mol. The first-order valence-corrected chi connectivity index (χ1v) is 5.19. The van der Waals surface area contributed by atoms with Crippen LogP contribution < -0.4 is 5.32 Å². The van der Waals surface area contributed by atoms with Crippen LogP contribution in [-0.4, -0.2) is 27.4 Å². The Hall–Kier alpha value is -1.27. The highest BCUT2D eigenvalue weighted by Crippen LogP contribution is 2.16. The maximum atomic E-state index is 4.23. The lowest BCUT2D eigenvalue weighted by Crippen LogP contribution is -2.19. The van der Waals surface area contributed by atoms with Gasteiger partial charge in [-0.2, -0.15) is 15.4 Å². The van der Waals surface area contributed by atoms with E-state index in [-0.39, 0.29) is 6.04 Å². The van der Waals surface area contributed by atoms with E-state index in [9.17, 15) is 0 Å². The quantitative estimate of drug-likeness (QED) is 0.780. The van der Waals surface area contributed by atoms with Crippen LogP contribution in [0.5, 0.6) is 0 Å². The van der Waals surface area contributed by atoms with Gasteiger partial charge in [-0.05, 0) is 7.05 Å². The van der Waals surface area contributed by atoms with Gasteiger partial charge < -0.3 is 5.32 Å². The fourth-order valence-electron chi connectivity index (χ4n) is 1.26. The number of nitrogens with zero attached hydrogens (tertiary/aromatic N) is 3. The van der Waals surface area contributed by atoms with Gasteiger partial charge in [-0.1, -0.05) is 0 Å². The lowest BCUT2D eigenvalue weighted by molar-refractivity contribution is 0.572. The van der Waals surface area contributed by atoms with Gasteiger partial charge in [0, 0.05) is 18.0 Å². The molecule has 0 fully saturated rings. The summed E-state index contributed by atoms with van der Waals surface area (Å²) in [6, 6.07) is 0.180. The van der Waals surface area contributed by atoms with Gasteiger partial charge in [0.05, 0.1) is 22.9 Å². The van der Waals surface area contributed by atoms with E-state index in [1.54, 1.807) is 17.5 Å². The van der Waals surface area contributed by atoms with E-state index in [1.807, 2.05) is 18.6 Å². The Bertz CT molecular complexity index is 355. The minimum absolute atomic E-state index is 0.180.